The fourth-order valence-corrected chi connectivity index (χ4v) is 3.49. The number of sulfonamides is 1. The van der Waals surface area contributed by atoms with Crippen LogP contribution < -0.4 is 10.0 Å². The van der Waals surface area contributed by atoms with Crippen molar-refractivity contribution in [2.24, 2.45) is 0 Å². The molecule has 1 amide bonds. The number of anilines is 1. The van der Waals surface area contributed by atoms with Crippen molar-refractivity contribution in [3.63, 3.8) is 0 Å². The van der Waals surface area contributed by atoms with Gasteiger partial charge in [-0.2, -0.15) is 0 Å². The van der Waals surface area contributed by atoms with Crippen LogP contribution in [0.15, 0.2) is 77.7 Å². The normalized spacial score (nSPS) is 11.1. The molecule has 0 heterocycles. The fraction of sp³-hybridized carbons (Fsp3) is 0.0500. The second kappa shape index (κ2) is 8.18. The monoisotopic (exact) mass is 402 g/mol. The van der Waals surface area contributed by atoms with Gasteiger partial charge in [-0.1, -0.05) is 24.3 Å². The van der Waals surface area contributed by atoms with Crippen LogP contribution in [0.5, 0.6) is 0 Å². The number of amides is 1. The van der Waals surface area contributed by atoms with Crippen molar-refractivity contribution in [1.29, 1.82) is 0 Å². The van der Waals surface area contributed by atoms with Crippen molar-refractivity contribution in [2.45, 2.75) is 11.4 Å². The highest BCUT2D eigenvalue weighted by atomic mass is 32.2. The van der Waals surface area contributed by atoms with E-state index >= 15 is 0 Å². The lowest BCUT2D eigenvalue weighted by atomic mass is 10.2. The molecule has 0 aliphatic heterocycles. The molecule has 0 unspecified atom stereocenters. The highest BCUT2D eigenvalue weighted by Gasteiger charge is 2.17. The second-order valence-corrected chi connectivity index (χ2v) is 7.60. The van der Waals surface area contributed by atoms with E-state index in [0.717, 1.165) is 11.6 Å². The summed E-state index contributed by atoms with van der Waals surface area (Å²) in [5, 5.41) is 2.66. The average Bonchev–Trinajstić information content (AvgIpc) is 2.69. The summed E-state index contributed by atoms with van der Waals surface area (Å²) < 4.78 is 53.4. The van der Waals surface area contributed by atoms with Crippen LogP contribution in [-0.4, -0.2) is 14.3 Å². The summed E-state index contributed by atoms with van der Waals surface area (Å²) in [4.78, 5) is 12.1. The zero-order valence-electron chi connectivity index (χ0n) is 14.5. The van der Waals surface area contributed by atoms with E-state index in [1.54, 1.807) is 12.1 Å². The Morgan fingerprint density at radius 1 is 0.857 bits per heavy atom. The summed E-state index contributed by atoms with van der Waals surface area (Å²) in [5.74, 6) is -1.46. The number of para-hydroxylation sites is 1. The molecule has 0 aromatic heterocycles. The maximum Gasteiger partial charge on any atom is 0.261 e. The summed E-state index contributed by atoms with van der Waals surface area (Å²) in [5.41, 5.74) is 0.818. The molecule has 3 aromatic rings. The summed E-state index contributed by atoms with van der Waals surface area (Å²) in [6.45, 7) is 0.202. The quantitative estimate of drug-likeness (QED) is 0.660. The number of carbonyl (C=O) groups is 1. The molecule has 5 nitrogen and oxygen atoms in total. The molecule has 0 fully saturated rings. The molecule has 0 radical (unpaired) electrons. The van der Waals surface area contributed by atoms with Gasteiger partial charge in [0.2, 0.25) is 0 Å². The number of nitrogens with one attached hydrogen (secondary N) is 2. The first-order chi connectivity index (χ1) is 13.3. The lowest BCUT2D eigenvalue weighted by molar-refractivity contribution is 0.0951. The largest absolute Gasteiger partial charge is 0.348 e. The van der Waals surface area contributed by atoms with Crippen LogP contribution in [0.4, 0.5) is 14.5 Å². The smallest absolute Gasteiger partial charge is 0.261 e. The summed E-state index contributed by atoms with van der Waals surface area (Å²) in [6.07, 6.45) is 0. The van der Waals surface area contributed by atoms with Crippen LogP contribution >= 0.6 is 0 Å². The van der Waals surface area contributed by atoms with Gasteiger partial charge in [0.05, 0.1) is 10.6 Å². The van der Waals surface area contributed by atoms with Crippen LogP contribution in [0, 0.1) is 11.6 Å². The minimum absolute atomic E-state index is 0.106. The molecule has 3 rings (SSSR count). The Morgan fingerprint density at radius 2 is 1.50 bits per heavy atom. The van der Waals surface area contributed by atoms with Crippen LogP contribution in [0.3, 0.4) is 0 Å². The third-order valence-electron chi connectivity index (χ3n) is 3.91. The molecule has 144 valence electrons. The van der Waals surface area contributed by atoms with Gasteiger partial charge in [-0.25, -0.2) is 17.2 Å². The van der Waals surface area contributed by atoms with Gasteiger partial charge in [0.1, 0.15) is 11.6 Å². The molecule has 28 heavy (non-hydrogen) atoms. The summed E-state index contributed by atoms with van der Waals surface area (Å²) >= 11 is 0. The molecule has 0 atom stereocenters. The van der Waals surface area contributed by atoms with E-state index in [1.807, 2.05) is 0 Å². The number of benzene rings is 3. The topological polar surface area (TPSA) is 75.3 Å². The van der Waals surface area contributed by atoms with Gasteiger partial charge in [0, 0.05) is 12.1 Å². The van der Waals surface area contributed by atoms with E-state index in [0.29, 0.717) is 0 Å². The Bertz CT molecular complexity index is 1080. The average molecular weight is 402 g/mol. The van der Waals surface area contributed by atoms with Crippen LogP contribution in [-0.2, 0) is 16.6 Å². The van der Waals surface area contributed by atoms with E-state index in [2.05, 4.69) is 10.0 Å². The molecule has 0 spiro atoms. The number of hydrogen-bond acceptors (Lipinski definition) is 3. The zero-order valence-corrected chi connectivity index (χ0v) is 15.3. The SMILES string of the molecule is O=C(NCc1ccc(F)cc1)c1ccc(S(=O)(=O)Nc2ccccc2F)cc1. The molecule has 2 N–H and O–H groups in total. The Labute approximate surface area is 161 Å². The molecular weight excluding hydrogens is 386 g/mol. The number of hydrogen-bond donors (Lipinski definition) is 2. The van der Waals surface area contributed by atoms with Gasteiger partial charge in [-0.3, -0.25) is 9.52 Å². The van der Waals surface area contributed by atoms with Crippen molar-refractivity contribution < 1.29 is 22.0 Å². The molecule has 0 saturated carbocycles. The van der Waals surface area contributed by atoms with E-state index in [-0.39, 0.29) is 28.5 Å². The van der Waals surface area contributed by atoms with Crippen LogP contribution in [0.1, 0.15) is 15.9 Å². The first kappa shape index (κ1) is 19.5. The van der Waals surface area contributed by atoms with Crippen molar-refractivity contribution in [3.05, 3.63) is 95.6 Å². The first-order valence-corrected chi connectivity index (χ1v) is 9.73. The van der Waals surface area contributed by atoms with Gasteiger partial charge < -0.3 is 5.32 Å². The number of halogens is 2. The van der Waals surface area contributed by atoms with E-state index in [1.165, 1.54) is 54.6 Å². The molecule has 8 heteroatoms. The molecule has 3 aromatic carbocycles. The Hall–Kier alpha value is -3.26. The number of carbonyl (C=O) groups excluding carboxylic acids is 1. The molecule has 0 saturated heterocycles. The Morgan fingerprint density at radius 3 is 2.14 bits per heavy atom. The lowest BCUT2D eigenvalue weighted by Gasteiger charge is -2.10. The highest BCUT2D eigenvalue weighted by molar-refractivity contribution is 7.92. The van der Waals surface area contributed by atoms with Crippen LogP contribution in [0.2, 0.25) is 0 Å². The minimum atomic E-state index is -3.99. The van der Waals surface area contributed by atoms with E-state index in [9.17, 15) is 22.0 Å². The van der Waals surface area contributed by atoms with Crippen molar-refractivity contribution in [1.82, 2.24) is 5.32 Å². The maximum atomic E-state index is 13.7. The number of rotatable bonds is 6. The van der Waals surface area contributed by atoms with Gasteiger partial charge in [-0.05, 0) is 54.1 Å². The van der Waals surface area contributed by atoms with E-state index in [4.69, 9.17) is 0 Å². The lowest BCUT2D eigenvalue weighted by Crippen LogP contribution is -2.23. The molecule has 0 aliphatic rings. The maximum absolute atomic E-state index is 13.7. The highest BCUT2D eigenvalue weighted by Crippen LogP contribution is 2.19. The zero-order chi connectivity index (χ0) is 20.1. The Kier molecular flexibility index (Phi) is 5.70. The third-order valence-corrected chi connectivity index (χ3v) is 5.29. The first-order valence-electron chi connectivity index (χ1n) is 8.25. The molecular formula is C20H16F2N2O3S. The third kappa shape index (κ3) is 4.72. The van der Waals surface area contributed by atoms with E-state index < -0.39 is 21.7 Å². The van der Waals surface area contributed by atoms with Crippen molar-refractivity contribution in [2.75, 3.05) is 4.72 Å². The van der Waals surface area contributed by atoms with Gasteiger partial charge >= 0.3 is 0 Å². The van der Waals surface area contributed by atoms with Gasteiger partial charge in [0.15, 0.2) is 0 Å². The standard InChI is InChI=1S/C20H16F2N2O3S/c21-16-9-5-14(6-10-16)13-23-20(25)15-7-11-17(12-8-15)28(26,27)24-19-4-2-1-3-18(19)22/h1-12,24H,13H2,(H,23,25). The minimum Gasteiger partial charge on any atom is -0.348 e. The molecule has 0 aliphatic carbocycles. The predicted molar refractivity (Wildman–Crippen MR) is 101 cm³/mol. The van der Waals surface area contributed by atoms with Gasteiger partial charge in [-0.15, -0.1) is 0 Å². The van der Waals surface area contributed by atoms with Gasteiger partial charge in [0.25, 0.3) is 15.9 Å². The second-order valence-electron chi connectivity index (χ2n) is 5.92. The van der Waals surface area contributed by atoms with Crippen LogP contribution in [0.25, 0.3) is 0 Å². The summed E-state index contributed by atoms with van der Waals surface area (Å²) in [7, 11) is -3.99. The summed E-state index contributed by atoms with van der Waals surface area (Å²) in [6, 6.07) is 16.4. The fourth-order valence-electron chi connectivity index (χ4n) is 2.42. The molecule has 0 bridgehead atoms. The van der Waals surface area contributed by atoms with Crippen molar-refractivity contribution in [3.8, 4) is 0 Å². The predicted octanol–water partition coefficient (Wildman–Crippen LogP) is 3.70. The van der Waals surface area contributed by atoms with Crippen molar-refractivity contribution >= 4 is 21.6 Å². The Balaban J connectivity index is 1.67.